The van der Waals surface area contributed by atoms with Gasteiger partial charge in [-0.1, -0.05) is 0 Å². The minimum atomic E-state index is -2.74. The molecule has 6 heteroatoms. The van der Waals surface area contributed by atoms with E-state index in [1.165, 1.54) is 0 Å². The van der Waals surface area contributed by atoms with Gasteiger partial charge in [-0.15, -0.1) is 0 Å². The number of hydrogen-bond acceptors (Lipinski definition) is 4. The van der Waals surface area contributed by atoms with Crippen LogP contribution in [-0.2, 0) is 9.31 Å². The van der Waals surface area contributed by atoms with Crippen LogP contribution in [0.1, 0.15) is 44.4 Å². The van der Waals surface area contributed by atoms with E-state index in [0.717, 1.165) is 0 Å². The molecule has 0 amide bonds. The highest BCUT2D eigenvalue weighted by Crippen LogP contribution is 2.36. The molecular weight excluding hydrogens is 265 g/mol. The SMILES string of the molecule is [2H]c1nc(B2OC(C)(C)C(C)(C)O2)c([2H])c(-n2nc(C([2H])([2H])[2H])c([2H])c2[2H])c1[2H]. The van der Waals surface area contributed by atoms with Crippen LogP contribution >= 0.6 is 0 Å². The second-order valence-electron chi connectivity index (χ2n) is 5.79. The Morgan fingerprint density at radius 1 is 1.24 bits per heavy atom. The first-order valence-corrected chi connectivity index (χ1v) is 6.49. The third-order valence-corrected chi connectivity index (χ3v) is 3.77. The maximum absolute atomic E-state index is 8.51. The highest BCUT2D eigenvalue weighted by Gasteiger charge is 2.52. The van der Waals surface area contributed by atoms with Crippen LogP contribution in [0, 0.1) is 6.85 Å². The van der Waals surface area contributed by atoms with E-state index >= 15 is 0 Å². The Kier molecular flexibility index (Phi) is 1.68. The Labute approximate surface area is 136 Å². The summed E-state index contributed by atoms with van der Waals surface area (Å²) in [5.74, 6) is 0. The predicted molar refractivity (Wildman–Crippen MR) is 81.8 cm³/mol. The highest BCUT2D eigenvalue weighted by atomic mass is 16.7. The van der Waals surface area contributed by atoms with E-state index in [0.29, 0.717) is 4.68 Å². The van der Waals surface area contributed by atoms with E-state index in [-0.39, 0.29) is 11.3 Å². The molecule has 0 saturated carbocycles. The fraction of sp³-hybridized carbons (Fsp3) is 0.467. The van der Waals surface area contributed by atoms with Gasteiger partial charge in [0.25, 0.3) is 0 Å². The third kappa shape index (κ3) is 2.49. The number of rotatable bonds is 2. The maximum atomic E-state index is 8.51. The van der Waals surface area contributed by atoms with E-state index in [1.54, 1.807) is 0 Å². The number of hydrogen-bond donors (Lipinski definition) is 0. The smallest absolute Gasteiger partial charge is 0.398 e. The van der Waals surface area contributed by atoms with Gasteiger partial charge in [0.1, 0.15) is 0 Å². The van der Waals surface area contributed by atoms with Gasteiger partial charge < -0.3 is 9.31 Å². The molecule has 1 fully saturated rings. The van der Waals surface area contributed by atoms with Gasteiger partial charge in [-0.25, -0.2) is 4.68 Å². The summed E-state index contributed by atoms with van der Waals surface area (Å²) in [6, 6.07) is -1.55. The second-order valence-corrected chi connectivity index (χ2v) is 5.79. The Morgan fingerprint density at radius 2 is 1.95 bits per heavy atom. The number of aryl methyl sites for hydroxylation is 1. The van der Waals surface area contributed by atoms with Gasteiger partial charge in [0, 0.05) is 16.5 Å². The van der Waals surface area contributed by atoms with Crippen LogP contribution < -0.4 is 5.59 Å². The van der Waals surface area contributed by atoms with Crippen LogP contribution in [0.4, 0.5) is 0 Å². The predicted octanol–water partition coefficient (Wildman–Crippen LogP) is 1.87. The van der Waals surface area contributed by atoms with Gasteiger partial charge in [0.05, 0.1) is 35.0 Å². The van der Waals surface area contributed by atoms with E-state index in [1.807, 2.05) is 27.7 Å². The van der Waals surface area contributed by atoms with Gasteiger partial charge in [0.2, 0.25) is 0 Å². The lowest BCUT2D eigenvalue weighted by Crippen LogP contribution is -2.41. The van der Waals surface area contributed by atoms with Crippen molar-refractivity contribution < 1.29 is 20.3 Å². The number of aromatic nitrogens is 3. The Bertz CT molecular complexity index is 973. The molecule has 21 heavy (non-hydrogen) atoms. The molecule has 1 saturated heterocycles. The first-order chi connectivity index (χ1) is 13.1. The maximum Gasteiger partial charge on any atom is 0.514 e. The second kappa shape index (κ2) is 4.68. The summed E-state index contributed by atoms with van der Waals surface area (Å²) in [6.07, 6.45) is -1.12. The number of pyridine rings is 1. The van der Waals surface area contributed by atoms with Crippen molar-refractivity contribution in [3.8, 4) is 5.69 Å². The molecule has 110 valence electrons. The van der Waals surface area contributed by atoms with Crippen molar-refractivity contribution in [1.82, 2.24) is 14.8 Å². The summed E-state index contributed by atoms with van der Waals surface area (Å²) >= 11 is 0. The molecule has 1 aliphatic rings. The van der Waals surface area contributed by atoms with Gasteiger partial charge in [-0.05, 0) is 52.7 Å². The molecule has 1 aliphatic heterocycles. The molecule has 0 atom stereocenters. The summed E-state index contributed by atoms with van der Waals surface area (Å²) in [5.41, 5.74) is -2.51. The van der Waals surface area contributed by atoms with E-state index in [9.17, 15) is 0 Å². The highest BCUT2D eigenvalue weighted by molar-refractivity contribution is 6.61. The molecule has 0 radical (unpaired) electrons. The van der Waals surface area contributed by atoms with Gasteiger partial charge in [-0.2, -0.15) is 5.10 Å². The zero-order valence-corrected chi connectivity index (χ0v) is 12.2. The van der Waals surface area contributed by atoms with Crippen molar-refractivity contribution >= 4 is 12.7 Å². The zero-order valence-electron chi connectivity index (χ0n) is 20.2. The van der Waals surface area contributed by atoms with Crippen molar-refractivity contribution in [3.05, 3.63) is 36.2 Å². The molecule has 3 rings (SSSR count). The molecule has 0 bridgehead atoms. The van der Waals surface area contributed by atoms with Crippen molar-refractivity contribution in [2.24, 2.45) is 0 Å². The fourth-order valence-electron chi connectivity index (χ4n) is 1.86. The lowest BCUT2D eigenvalue weighted by Gasteiger charge is -2.32. The van der Waals surface area contributed by atoms with Gasteiger partial charge in [0.15, 0.2) is 0 Å². The summed E-state index contributed by atoms with van der Waals surface area (Å²) in [5, 5.41) is 3.78. The molecular formula is C15H20BN3O2. The minimum Gasteiger partial charge on any atom is -0.398 e. The largest absolute Gasteiger partial charge is 0.514 e. The average Bonchev–Trinajstić information content (AvgIpc) is 2.97. The van der Waals surface area contributed by atoms with Crippen LogP contribution in [0.2, 0.25) is 0 Å². The fourth-order valence-corrected chi connectivity index (χ4v) is 1.86. The van der Waals surface area contributed by atoms with Crippen molar-refractivity contribution in [2.45, 2.75) is 45.7 Å². The summed E-state index contributed by atoms with van der Waals surface area (Å²) in [6.45, 7) is 4.49. The van der Waals surface area contributed by atoms with Crippen LogP contribution in [0.3, 0.4) is 0 Å². The molecule has 2 aromatic heterocycles. The molecule has 0 spiro atoms. The molecule has 5 nitrogen and oxygen atoms in total. The topological polar surface area (TPSA) is 49.2 Å². The minimum absolute atomic E-state index is 0.0866. The molecule has 0 unspecified atom stereocenters. The normalized spacial score (nSPS) is 26.0. The Balaban J connectivity index is 2.21. The summed E-state index contributed by atoms with van der Waals surface area (Å²) in [4.78, 5) is 3.96. The van der Waals surface area contributed by atoms with E-state index in [4.69, 9.17) is 20.3 Å². The van der Waals surface area contributed by atoms with E-state index in [2.05, 4.69) is 10.1 Å². The van der Waals surface area contributed by atoms with E-state index < -0.39 is 61.3 Å². The Hall–Kier alpha value is -1.66. The first-order valence-electron chi connectivity index (χ1n) is 10.5. The average molecular weight is 293 g/mol. The van der Waals surface area contributed by atoms with Crippen molar-refractivity contribution in [1.29, 1.82) is 0 Å². The third-order valence-electron chi connectivity index (χ3n) is 3.77. The quantitative estimate of drug-likeness (QED) is 0.793. The van der Waals surface area contributed by atoms with Crippen LogP contribution in [-0.4, -0.2) is 33.1 Å². The molecule has 0 aliphatic carbocycles. The van der Waals surface area contributed by atoms with Crippen LogP contribution in [0.25, 0.3) is 5.69 Å². The lowest BCUT2D eigenvalue weighted by atomic mass is 9.84. The van der Waals surface area contributed by atoms with Crippen molar-refractivity contribution in [3.63, 3.8) is 0 Å². The Morgan fingerprint density at radius 3 is 2.57 bits per heavy atom. The standard InChI is InChI=1S/C15H20BN3O2/c1-11-7-9-19(18-11)12-6-8-17-13(10-12)16-20-14(2,3)15(4,5)21-16/h6-10H,1-5H3/i1D3,6D,7D,8D,9D,10D. The monoisotopic (exact) mass is 293 g/mol. The van der Waals surface area contributed by atoms with Crippen molar-refractivity contribution in [2.75, 3.05) is 0 Å². The summed E-state index contributed by atoms with van der Waals surface area (Å²) < 4.78 is 75.5. The van der Waals surface area contributed by atoms with Crippen LogP contribution in [0.5, 0.6) is 0 Å². The molecule has 2 aromatic rings. The molecule has 0 N–H and O–H groups in total. The zero-order chi connectivity index (χ0) is 22.1. The first kappa shape index (κ1) is 7.56. The molecule has 3 heterocycles. The van der Waals surface area contributed by atoms with Gasteiger partial charge in [-0.3, -0.25) is 4.98 Å². The summed E-state index contributed by atoms with van der Waals surface area (Å²) in [7, 11) is -1.10. The number of nitrogens with zero attached hydrogens (tertiary/aromatic N) is 3. The van der Waals surface area contributed by atoms with Gasteiger partial charge >= 0.3 is 7.12 Å². The van der Waals surface area contributed by atoms with Crippen LogP contribution in [0.15, 0.2) is 30.5 Å². The lowest BCUT2D eigenvalue weighted by molar-refractivity contribution is 0.00578. The molecule has 0 aromatic carbocycles.